The summed E-state index contributed by atoms with van der Waals surface area (Å²) in [5.74, 6) is 1.17. The minimum atomic E-state index is -0.133. The monoisotopic (exact) mass is 347 g/mol. The van der Waals surface area contributed by atoms with Gasteiger partial charge in [-0.25, -0.2) is 4.98 Å². The molecule has 1 aromatic carbocycles. The van der Waals surface area contributed by atoms with Gasteiger partial charge in [0.2, 0.25) is 0 Å². The Balaban J connectivity index is 1.49. The summed E-state index contributed by atoms with van der Waals surface area (Å²) < 4.78 is 3.78. The fraction of sp³-hybridized carbons (Fsp3) is 0.350. The van der Waals surface area contributed by atoms with Crippen molar-refractivity contribution in [1.82, 2.24) is 19.3 Å². The van der Waals surface area contributed by atoms with E-state index in [0.29, 0.717) is 17.7 Å². The van der Waals surface area contributed by atoms with Crippen LogP contribution in [-0.4, -0.2) is 25.2 Å². The van der Waals surface area contributed by atoms with Crippen molar-refractivity contribution in [3.8, 4) is 11.3 Å². The molecule has 2 heterocycles. The Morgan fingerprint density at radius 3 is 2.62 bits per heavy atom. The van der Waals surface area contributed by atoms with Gasteiger partial charge in [0.15, 0.2) is 0 Å². The van der Waals surface area contributed by atoms with Gasteiger partial charge in [-0.1, -0.05) is 30.3 Å². The van der Waals surface area contributed by atoms with Crippen molar-refractivity contribution in [1.29, 1.82) is 0 Å². The van der Waals surface area contributed by atoms with Crippen molar-refractivity contribution >= 4 is 11.7 Å². The molecule has 6 nitrogen and oxygen atoms in total. The van der Waals surface area contributed by atoms with Gasteiger partial charge in [-0.05, 0) is 31.7 Å². The van der Waals surface area contributed by atoms with Crippen molar-refractivity contribution in [3.63, 3.8) is 0 Å². The SMILES string of the molecule is Cn1nc(C2CC2)cc1C(=O)Nc1c(-c2ccccc2)ncn1C1CC1. The fourth-order valence-corrected chi connectivity index (χ4v) is 3.37. The van der Waals surface area contributed by atoms with Gasteiger partial charge in [0.1, 0.15) is 17.2 Å². The Morgan fingerprint density at radius 1 is 1.15 bits per heavy atom. The van der Waals surface area contributed by atoms with Crippen molar-refractivity contribution in [2.45, 2.75) is 37.6 Å². The fourth-order valence-electron chi connectivity index (χ4n) is 3.37. The number of carbonyl (C=O) groups is 1. The van der Waals surface area contributed by atoms with Gasteiger partial charge in [-0.3, -0.25) is 9.48 Å². The van der Waals surface area contributed by atoms with Crippen LogP contribution in [0.5, 0.6) is 0 Å². The zero-order valence-corrected chi connectivity index (χ0v) is 14.7. The van der Waals surface area contributed by atoms with Crippen LogP contribution in [-0.2, 0) is 7.05 Å². The largest absolute Gasteiger partial charge is 0.314 e. The average molecular weight is 347 g/mol. The Bertz CT molecular complexity index is 964. The van der Waals surface area contributed by atoms with Crippen molar-refractivity contribution in [3.05, 3.63) is 54.1 Å². The molecule has 0 spiro atoms. The first kappa shape index (κ1) is 15.4. The number of hydrogen-bond acceptors (Lipinski definition) is 3. The summed E-state index contributed by atoms with van der Waals surface area (Å²) in [5, 5.41) is 7.62. The second kappa shape index (κ2) is 5.83. The lowest BCUT2D eigenvalue weighted by Gasteiger charge is -2.11. The summed E-state index contributed by atoms with van der Waals surface area (Å²) in [4.78, 5) is 17.5. The van der Waals surface area contributed by atoms with E-state index in [1.54, 1.807) is 4.68 Å². The van der Waals surface area contributed by atoms with E-state index < -0.39 is 0 Å². The van der Waals surface area contributed by atoms with Crippen LogP contribution in [0.25, 0.3) is 11.3 Å². The van der Waals surface area contributed by atoms with E-state index in [-0.39, 0.29) is 5.91 Å². The van der Waals surface area contributed by atoms with Gasteiger partial charge >= 0.3 is 0 Å². The summed E-state index contributed by atoms with van der Waals surface area (Å²) in [6.07, 6.45) is 6.44. The molecule has 0 aliphatic heterocycles. The van der Waals surface area contributed by atoms with Crippen LogP contribution in [0.4, 0.5) is 5.82 Å². The number of amides is 1. The minimum Gasteiger partial charge on any atom is -0.314 e. The summed E-state index contributed by atoms with van der Waals surface area (Å²) in [5.41, 5.74) is 3.44. The lowest BCUT2D eigenvalue weighted by molar-refractivity contribution is 0.101. The average Bonchev–Trinajstić information content (AvgIpc) is 3.58. The molecule has 2 aliphatic carbocycles. The second-order valence-corrected chi connectivity index (χ2v) is 7.25. The molecule has 5 rings (SSSR count). The lowest BCUT2D eigenvalue weighted by atomic mass is 10.1. The van der Waals surface area contributed by atoms with Crippen LogP contribution in [0.15, 0.2) is 42.7 Å². The van der Waals surface area contributed by atoms with E-state index in [4.69, 9.17) is 0 Å². The Hall–Kier alpha value is -2.89. The molecule has 2 aromatic heterocycles. The van der Waals surface area contributed by atoms with E-state index in [2.05, 4.69) is 20.0 Å². The maximum absolute atomic E-state index is 13.0. The topological polar surface area (TPSA) is 64.7 Å². The van der Waals surface area contributed by atoms with Crippen LogP contribution in [0.3, 0.4) is 0 Å². The van der Waals surface area contributed by atoms with E-state index >= 15 is 0 Å². The summed E-state index contributed by atoms with van der Waals surface area (Å²) in [6, 6.07) is 12.3. The third-order valence-corrected chi connectivity index (χ3v) is 5.14. The highest BCUT2D eigenvalue weighted by Gasteiger charge is 2.30. The zero-order chi connectivity index (χ0) is 17.7. The summed E-state index contributed by atoms with van der Waals surface area (Å²) in [7, 11) is 1.83. The number of nitrogens with one attached hydrogen (secondary N) is 1. The molecule has 6 heteroatoms. The molecule has 2 fully saturated rings. The van der Waals surface area contributed by atoms with E-state index in [0.717, 1.165) is 35.6 Å². The maximum Gasteiger partial charge on any atom is 0.275 e. The Labute approximate surface area is 151 Å². The van der Waals surface area contributed by atoms with E-state index in [1.807, 2.05) is 49.8 Å². The molecular weight excluding hydrogens is 326 g/mol. The molecule has 1 N–H and O–H groups in total. The molecule has 132 valence electrons. The van der Waals surface area contributed by atoms with E-state index in [1.165, 1.54) is 12.8 Å². The first-order chi connectivity index (χ1) is 12.7. The van der Waals surface area contributed by atoms with Gasteiger partial charge in [-0.15, -0.1) is 0 Å². The molecule has 3 aromatic rings. The highest BCUT2D eigenvalue weighted by Crippen LogP contribution is 2.41. The molecule has 26 heavy (non-hydrogen) atoms. The predicted molar refractivity (Wildman–Crippen MR) is 99.1 cm³/mol. The van der Waals surface area contributed by atoms with Gasteiger partial charge in [-0.2, -0.15) is 5.10 Å². The molecule has 2 saturated carbocycles. The number of anilines is 1. The van der Waals surface area contributed by atoms with Crippen molar-refractivity contribution in [2.24, 2.45) is 7.05 Å². The number of benzene rings is 1. The molecule has 0 saturated heterocycles. The van der Waals surface area contributed by atoms with Crippen LogP contribution in [0, 0.1) is 0 Å². The predicted octanol–water partition coefficient (Wildman–Crippen LogP) is 3.75. The number of hydrogen-bond donors (Lipinski definition) is 1. The molecule has 2 aliphatic rings. The Kier molecular flexibility index (Phi) is 3.45. The molecular formula is C20H21N5O. The number of carbonyl (C=O) groups excluding carboxylic acids is 1. The van der Waals surface area contributed by atoms with Crippen LogP contribution in [0.1, 0.15) is 53.8 Å². The highest BCUT2D eigenvalue weighted by atomic mass is 16.2. The van der Waals surface area contributed by atoms with Gasteiger partial charge in [0.05, 0.1) is 12.0 Å². The standard InChI is InChI=1S/C20H21N5O/c1-24-17(11-16(23-24)13-7-8-13)20(26)22-19-18(14-5-3-2-4-6-14)21-12-25(19)15-9-10-15/h2-6,11-13,15H,7-10H2,1H3,(H,22,26). The van der Waals surface area contributed by atoms with Gasteiger partial charge in [0.25, 0.3) is 5.91 Å². The van der Waals surface area contributed by atoms with Crippen molar-refractivity contribution < 1.29 is 4.79 Å². The zero-order valence-electron chi connectivity index (χ0n) is 14.7. The van der Waals surface area contributed by atoms with Crippen LogP contribution in [0.2, 0.25) is 0 Å². The Morgan fingerprint density at radius 2 is 1.92 bits per heavy atom. The smallest absolute Gasteiger partial charge is 0.275 e. The third-order valence-electron chi connectivity index (χ3n) is 5.14. The molecule has 0 unspecified atom stereocenters. The molecule has 0 atom stereocenters. The van der Waals surface area contributed by atoms with Crippen LogP contribution < -0.4 is 5.32 Å². The number of nitrogens with zero attached hydrogens (tertiary/aromatic N) is 4. The van der Waals surface area contributed by atoms with Crippen LogP contribution >= 0.6 is 0 Å². The third kappa shape index (κ3) is 2.71. The minimum absolute atomic E-state index is 0.133. The number of rotatable bonds is 5. The number of imidazole rings is 1. The normalized spacial score (nSPS) is 16.7. The molecule has 0 radical (unpaired) electrons. The molecule has 1 amide bonds. The van der Waals surface area contributed by atoms with Gasteiger partial charge < -0.3 is 9.88 Å². The first-order valence-electron chi connectivity index (χ1n) is 9.18. The molecule has 0 bridgehead atoms. The first-order valence-corrected chi connectivity index (χ1v) is 9.18. The van der Waals surface area contributed by atoms with Gasteiger partial charge in [0, 0.05) is 24.6 Å². The number of aryl methyl sites for hydroxylation is 1. The second-order valence-electron chi connectivity index (χ2n) is 7.25. The highest BCUT2D eigenvalue weighted by molar-refractivity contribution is 6.04. The number of aromatic nitrogens is 4. The van der Waals surface area contributed by atoms with Crippen molar-refractivity contribution in [2.75, 3.05) is 5.32 Å². The summed E-state index contributed by atoms with van der Waals surface area (Å²) in [6.45, 7) is 0. The lowest BCUT2D eigenvalue weighted by Crippen LogP contribution is -2.18. The van der Waals surface area contributed by atoms with E-state index in [9.17, 15) is 4.79 Å². The quantitative estimate of drug-likeness (QED) is 0.764. The maximum atomic E-state index is 13.0. The summed E-state index contributed by atoms with van der Waals surface area (Å²) >= 11 is 0.